The molecular weight excluding hydrogens is 388 g/mol. The molecule has 1 aliphatic rings. The Bertz CT molecular complexity index is 870. The van der Waals surface area contributed by atoms with Gasteiger partial charge in [0.25, 0.3) is 0 Å². The van der Waals surface area contributed by atoms with Gasteiger partial charge in [0.15, 0.2) is 5.16 Å². The number of amides is 1. The van der Waals surface area contributed by atoms with E-state index in [2.05, 4.69) is 15.3 Å². The molecule has 1 fully saturated rings. The summed E-state index contributed by atoms with van der Waals surface area (Å²) < 4.78 is 31.8. The largest absolute Gasteiger partial charge is 0.379 e. The highest BCUT2D eigenvalue weighted by molar-refractivity contribution is 8.00. The van der Waals surface area contributed by atoms with Gasteiger partial charge in [-0.05, 0) is 37.3 Å². The summed E-state index contributed by atoms with van der Waals surface area (Å²) in [5.74, 6) is -0.212. The standard InChI is InChI=1S/C17H20N4O4S2/c1-13(26-17-18-7-2-8-19-17)16(22)20-14-3-5-15(6-4-14)27(23,24)21-9-11-25-12-10-21/h2-8,13H,9-12H2,1H3,(H,20,22)/t13-/m0/s1. The third-order valence-electron chi connectivity index (χ3n) is 3.92. The summed E-state index contributed by atoms with van der Waals surface area (Å²) >= 11 is 1.25. The molecule has 27 heavy (non-hydrogen) atoms. The number of nitrogens with zero attached hydrogens (tertiary/aromatic N) is 3. The van der Waals surface area contributed by atoms with Crippen molar-refractivity contribution < 1.29 is 17.9 Å². The number of ether oxygens (including phenoxy) is 1. The van der Waals surface area contributed by atoms with E-state index in [1.807, 2.05) is 0 Å². The molecule has 1 aliphatic heterocycles. The van der Waals surface area contributed by atoms with E-state index in [0.717, 1.165) is 0 Å². The quantitative estimate of drug-likeness (QED) is 0.572. The van der Waals surface area contributed by atoms with Crippen LogP contribution in [0.2, 0.25) is 0 Å². The van der Waals surface area contributed by atoms with E-state index < -0.39 is 15.3 Å². The molecule has 2 heterocycles. The van der Waals surface area contributed by atoms with Gasteiger partial charge in [-0.25, -0.2) is 18.4 Å². The summed E-state index contributed by atoms with van der Waals surface area (Å²) in [5.41, 5.74) is 0.530. The second kappa shape index (κ2) is 8.79. The first-order chi connectivity index (χ1) is 13.0. The maximum atomic E-state index is 12.6. The van der Waals surface area contributed by atoms with Crippen LogP contribution in [0.1, 0.15) is 6.92 Å². The van der Waals surface area contributed by atoms with Gasteiger partial charge in [-0.2, -0.15) is 4.31 Å². The van der Waals surface area contributed by atoms with Crippen LogP contribution in [0.5, 0.6) is 0 Å². The van der Waals surface area contributed by atoms with Crippen molar-refractivity contribution in [3.8, 4) is 0 Å². The van der Waals surface area contributed by atoms with E-state index in [0.29, 0.717) is 37.1 Å². The fourth-order valence-electron chi connectivity index (χ4n) is 2.45. The number of aromatic nitrogens is 2. The Labute approximate surface area is 162 Å². The minimum atomic E-state index is -3.54. The molecular formula is C17H20N4O4S2. The molecule has 3 rings (SSSR count). The molecule has 1 amide bonds. The lowest BCUT2D eigenvalue weighted by Crippen LogP contribution is -2.40. The van der Waals surface area contributed by atoms with Gasteiger partial charge in [-0.1, -0.05) is 11.8 Å². The number of anilines is 1. The maximum absolute atomic E-state index is 12.6. The molecule has 1 atom stereocenters. The SMILES string of the molecule is C[C@H](Sc1ncccn1)C(=O)Nc1ccc(S(=O)(=O)N2CCOCC2)cc1. The number of benzene rings is 1. The molecule has 8 nitrogen and oxygen atoms in total. The second-order valence-corrected chi connectivity index (χ2v) is 9.07. The molecule has 0 bridgehead atoms. The maximum Gasteiger partial charge on any atom is 0.243 e. The average molecular weight is 409 g/mol. The van der Waals surface area contributed by atoms with Crippen molar-refractivity contribution >= 4 is 33.4 Å². The first-order valence-corrected chi connectivity index (χ1v) is 10.7. The number of thioether (sulfide) groups is 1. The molecule has 1 aromatic heterocycles. The van der Waals surface area contributed by atoms with Gasteiger partial charge in [-0.15, -0.1) is 0 Å². The van der Waals surface area contributed by atoms with Crippen molar-refractivity contribution in [2.24, 2.45) is 0 Å². The monoisotopic (exact) mass is 408 g/mol. The van der Waals surface area contributed by atoms with Crippen LogP contribution >= 0.6 is 11.8 Å². The van der Waals surface area contributed by atoms with Crippen LogP contribution in [0.3, 0.4) is 0 Å². The molecule has 10 heteroatoms. The summed E-state index contributed by atoms with van der Waals surface area (Å²) in [5, 5.41) is 2.90. The molecule has 1 saturated heterocycles. The van der Waals surface area contributed by atoms with Crippen molar-refractivity contribution in [1.82, 2.24) is 14.3 Å². The number of morpholine rings is 1. The highest BCUT2D eigenvalue weighted by atomic mass is 32.2. The summed E-state index contributed by atoms with van der Waals surface area (Å²) in [4.78, 5) is 20.7. The van der Waals surface area contributed by atoms with Crippen LogP contribution in [0.15, 0.2) is 52.8 Å². The predicted molar refractivity (Wildman–Crippen MR) is 102 cm³/mol. The van der Waals surface area contributed by atoms with Crippen LogP contribution in [0.25, 0.3) is 0 Å². The van der Waals surface area contributed by atoms with E-state index in [4.69, 9.17) is 4.74 Å². The Hall–Kier alpha value is -2.01. The number of sulfonamides is 1. The average Bonchev–Trinajstić information content (AvgIpc) is 2.70. The number of rotatable bonds is 6. The van der Waals surface area contributed by atoms with Gasteiger partial charge in [0.05, 0.1) is 23.4 Å². The number of nitrogens with one attached hydrogen (secondary N) is 1. The van der Waals surface area contributed by atoms with E-state index >= 15 is 0 Å². The molecule has 2 aromatic rings. The fourth-order valence-corrected chi connectivity index (χ4v) is 4.58. The number of hydrogen-bond donors (Lipinski definition) is 1. The number of carbonyl (C=O) groups is 1. The summed E-state index contributed by atoms with van der Waals surface area (Å²) in [6, 6.07) is 7.88. The second-order valence-electron chi connectivity index (χ2n) is 5.82. The Morgan fingerprint density at radius 1 is 1.19 bits per heavy atom. The fraction of sp³-hybridized carbons (Fsp3) is 0.353. The zero-order valence-corrected chi connectivity index (χ0v) is 16.4. The van der Waals surface area contributed by atoms with Gasteiger partial charge < -0.3 is 10.1 Å². The van der Waals surface area contributed by atoms with E-state index in [1.165, 1.54) is 28.2 Å². The smallest absolute Gasteiger partial charge is 0.243 e. The molecule has 1 N–H and O–H groups in total. The predicted octanol–water partition coefficient (Wildman–Crippen LogP) is 1.62. The lowest BCUT2D eigenvalue weighted by Gasteiger charge is -2.26. The summed E-state index contributed by atoms with van der Waals surface area (Å²) in [6.45, 7) is 3.24. The Balaban J connectivity index is 1.62. The molecule has 0 aliphatic carbocycles. The minimum absolute atomic E-state index is 0.197. The van der Waals surface area contributed by atoms with Crippen LogP contribution < -0.4 is 5.32 Å². The van der Waals surface area contributed by atoms with Crippen LogP contribution in [0, 0.1) is 0 Å². The zero-order chi connectivity index (χ0) is 19.3. The summed E-state index contributed by atoms with van der Waals surface area (Å²) in [6.07, 6.45) is 3.24. The molecule has 0 unspecified atom stereocenters. The van der Waals surface area contributed by atoms with Crippen molar-refractivity contribution in [2.75, 3.05) is 31.6 Å². The molecule has 0 radical (unpaired) electrons. The third-order valence-corrected chi connectivity index (χ3v) is 6.83. The number of hydrogen-bond acceptors (Lipinski definition) is 7. The van der Waals surface area contributed by atoms with Gasteiger partial charge in [0.1, 0.15) is 0 Å². The lowest BCUT2D eigenvalue weighted by atomic mass is 10.3. The van der Waals surface area contributed by atoms with Crippen molar-refractivity contribution in [1.29, 1.82) is 0 Å². The Kier molecular flexibility index (Phi) is 6.42. The van der Waals surface area contributed by atoms with Crippen LogP contribution in [-0.4, -0.2) is 60.2 Å². The van der Waals surface area contributed by atoms with Crippen molar-refractivity contribution in [3.05, 3.63) is 42.7 Å². The zero-order valence-electron chi connectivity index (χ0n) is 14.7. The van der Waals surface area contributed by atoms with Gasteiger partial charge in [0, 0.05) is 31.2 Å². The lowest BCUT2D eigenvalue weighted by molar-refractivity contribution is -0.115. The normalized spacial score (nSPS) is 16.6. The highest BCUT2D eigenvalue weighted by Gasteiger charge is 2.26. The molecule has 0 saturated carbocycles. The first kappa shape index (κ1) is 19.7. The van der Waals surface area contributed by atoms with E-state index in [9.17, 15) is 13.2 Å². The van der Waals surface area contributed by atoms with Gasteiger partial charge >= 0.3 is 0 Å². The van der Waals surface area contributed by atoms with Crippen LogP contribution in [-0.2, 0) is 19.6 Å². The molecule has 0 spiro atoms. The highest BCUT2D eigenvalue weighted by Crippen LogP contribution is 2.22. The first-order valence-electron chi connectivity index (χ1n) is 8.39. The topological polar surface area (TPSA) is 101 Å². The van der Waals surface area contributed by atoms with E-state index in [-0.39, 0.29) is 10.8 Å². The molecule has 144 valence electrons. The number of carbonyl (C=O) groups excluding carboxylic acids is 1. The Morgan fingerprint density at radius 2 is 1.81 bits per heavy atom. The minimum Gasteiger partial charge on any atom is -0.379 e. The van der Waals surface area contributed by atoms with E-state index in [1.54, 1.807) is 37.5 Å². The van der Waals surface area contributed by atoms with Crippen molar-refractivity contribution in [2.45, 2.75) is 22.2 Å². The van der Waals surface area contributed by atoms with Crippen LogP contribution in [0.4, 0.5) is 5.69 Å². The van der Waals surface area contributed by atoms with Crippen molar-refractivity contribution in [3.63, 3.8) is 0 Å². The van der Waals surface area contributed by atoms with Gasteiger partial charge in [-0.3, -0.25) is 4.79 Å². The third kappa shape index (κ3) is 5.04. The van der Waals surface area contributed by atoms with Gasteiger partial charge in [0.2, 0.25) is 15.9 Å². The Morgan fingerprint density at radius 3 is 2.44 bits per heavy atom. The molecule has 1 aromatic carbocycles. The summed E-state index contributed by atoms with van der Waals surface area (Å²) in [7, 11) is -3.54.